The Labute approximate surface area is 165 Å². The van der Waals surface area contributed by atoms with Crippen molar-refractivity contribution in [1.29, 1.82) is 0 Å². The molecule has 2 aromatic rings. The zero-order valence-electron chi connectivity index (χ0n) is 16.3. The molecule has 0 bridgehead atoms. The molecule has 2 amide bonds. The summed E-state index contributed by atoms with van der Waals surface area (Å²) in [6.45, 7) is 1.72. The Bertz CT molecular complexity index is 792. The van der Waals surface area contributed by atoms with Crippen molar-refractivity contribution >= 4 is 12.0 Å². The maximum atomic E-state index is 12.0. The minimum Gasteiger partial charge on any atom is -0.465 e. The van der Waals surface area contributed by atoms with Crippen molar-refractivity contribution < 1.29 is 19.8 Å². The highest BCUT2D eigenvalue weighted by atomic mass is 16.4. The molecule has 0 aromatic heterocycles. The van der Waals surface area contributed by atoms with E-state index < -0.39 is 6.09 Å². The lowest BCUT2D eigenvalue weighted by molar-refractivity contribution is -0.129. The number of carboxylic acid groups (broad SMARTS) is 1. The van der Waals surface area contributed by atoms with E-state index in [1.165, 1.54) is 10.5 Å². The minimum atomic E-state index is -1.21. The van der Waals surface area contributed by atoms with Crippen LogP contribution in [0, 0.1) is 0 Å². The Morgan fingerprint density at radius 1 is 0.964 bits per heavy atom. The van der Waals surface area contributed by atoms with Gasteiger partial charge in [-0.25, -0.2) is 4.79 Å². The van der Waals surface area contributed by atoms with Gasteiger partial charge in [0.05, 0.1) is 6.61 Å². The number of nitrogens with one attached hydrogen (secondary N) is 1. The van der Waals surface area contributed by atoms with Crippen LogP contribution in [0.3, 0.4) is 0 Å². The number of benzene rings is 2. The van der Waals surface area contributed by atoms with E-state index in [9.17, 15) is 9.59 Å². The molecule has 0 heterocycles. The van der Waals surface area contributed by atoms with E-state index in [4.69, 9.17) is 10.2 Å². The number of amides is 2. The van der Waals surface area contributed by atoms with Crippen LogP contribution in [-0.4, -0.2) is 65.8 Å². The molecular weight excluding hydrogens is 358 g/mol. The normalized spacial score (nSPS) is 10.7. The number of aliphatic hydroxyl groups excluding tert-OH is 1. The Kier molecular flexibility index (Phi) is 7.98. The SMILES string of the molecule is CN(CCO)Cc1ccc(-c2cccc(CN(C)C(=O)CNC(=O)O)c2)cc1. The van der Waals surface area contributed by atoms with Crippen LogP contribution in [0.1, 0.15) is 11.1 Å². The zero-order valence-corrected chi connectivity index (χ0v) is 16.3. The Morgan fingerprint density at radius 2 is 1.68 bits per heavy atom. The maximum absolute atomic E-state index is 12.0. The van der Waals surface area contributed by atoms with E-state index in [0.717, 1.165) is 23.2 Å². The lowest BCUT2D eigenvalue weighted by Crippen LogP contribution is -2.37. The van der Waals surface area contributed by atoms with E-state index in [1.807, 2.05) is 31.3 Å². The average molecular weight is 385 g/mol. The monoisotopic (exact) mass is 385 g/mol. The van der Waals surface area contributed by atoms with Crippen LogP contribution in [0.5, 0.6) is 0 Å². The van der Waals surface area contributed by atoms with Crippen LogP contribution in [-0.2, 0) is 17.9 Å². The zero-order chi connectivity index (χ0) is 20.5. The number of hydrogen-bond donors (Lipinski definition) is 3. The van der Waals surface area contributed by atoms with Gasteiger partial charge in [0.1, 0.15) is 6.54 Å². The van der Waals surface area contributed by atoms with Gasteiger partial charge in [-0.15, -0.1) is 0 Å². The van der Waals surface area contributed by atoms with Crippen molar-refractivity contribution in [2.45, 2.75) is 13.1 Å². The molecule has 2 aromatic carbocycles. The number of carbonyl (C=O) groups is 2. The Hall–Kier alpha value is -2.90. The van der Waals surface area contributed by atoms with Crippen molar-refractivity contribution in [3.05, 3.63) is 59.7 Å². The largest absolute Gasteiger partial charge is 0.465 e. The molecule has 150 valence electrons. The smallest absolute Gasteiger partial charge is 0.405 e. The second-order valence-electron chi connectivity index (χ2n) is 6.77. The summed E-state index contributed by atoms with van der Waals surface area (Å²) in [5.74, 6) is -0.288. The Morgan fingerprint density at radius 3 is 2.32 bits per heavy atom. The lowest BCUT2D eigenvalue weighted by atomic mass is 10.0. The van der Waals surface area contributed by atoms with Crippen LogP contribution in [0.2, 0.25) is 0 Å². The summed E-state index contributed by atoms with van der Waals surface area (Å²) < 4.78 is 0. The van der Waals surface area contributed by atoms with E-state index in [-0.39, 0.29) is 19.1 Å². The van der Waals surface area contributed by atoms with Gasteiger partial charge < -0.3 is 20.4 Å². The van der Waals surface area contributed by atoms with E-state index in [2.05, 4.69) is 34.5 Å². The number of hydrogen-bond acceptors (Lipinski definition) is 4. The summed E-state index contributed by atoms with van der Waals surface area (Å²) >= 11 is 0. The first-order valence-corrected chi connectivity index (χ1v) is 9.07. The first-order chi connectivity index (χ1) is 13.4. The second-order valence-corrected chi connectivity index (χ2v) is 6.77. The minimum absolute atomic E-state index is 0.144. The van der Waals surface area contributed by atoms with E-state index in [1.54, 1.807) is 7.05 Å². The highest BCUT2D eigenvalue weighted by Crippen LogP contribution is 2.22. The second kappa shape index (κ2) is 10.4. The molecule has 0 fully saturated rings. The fourth-order valence-electron chi connectivity index (χ4n) is 2.86. The summed E-state index contributed by atoms with van der Waals surface area (Å²) in [7, 11) is 3.62. The topological polar surface area (TPSA) is 93.1 Å². The molecule has 0 radical (unpaired) electrons. The quantitative estimate of drug-likeness (QED) is 0.614. The van der Waals surface area contributed by atoms with Crippen LogP contribution in [0.25, 0.3) is 11.1 Å². The fourth-order valence-corrected chi connectivity index (χ4v) is 2.86. The molecule has 0 saturated carbocycles. The maximum Gasteiger partial charge on any atom is 0.405 e. The third-order valence-electron chi connectivity index (χ3n) is 4.38. The summed E-state index contributed by atoms with van der Waals surface area (Å²) in [5, 5.41) is 19.7. The molecule has 0 unspecified atom stereocenters. The number of nitrogens with zero attached hydrogens (tertiary/aromatic N) is 2. The predicted molar refractivity (Wildman–Crippen MR) is 108 cm³/mol. The molecular formula is C21H27N3O4. The van der Waals surface area contributed by atoms with Crippen LogP contribution in [0.4, 0.5) is 4.79 Å². The van der Waals surface area contributed by atoms with Gasteiger partial charge in [-0.05, 0) is 35.4 Å². The van der Waals surface area contributed by atoms with Gasteiger partial charge in [0.15, 0.2) is 0 Å². The third kappa shape index (κ3) is 6.68. The Balaban J connectivity index is 2.02. The van der Waals surface area contributed by atoms with Gasteiger partial charge in [0.25, 0.3) is 0 Å². The van der Waals surface area contributed by atoms with Crippen molar-refractivity contribution in [2.75, 3.05) is 33.8 Å². The van der Waals surface area contributed by atoms with Crippen molar-refractivity contribution in [3.8, 4) is 11.1 Å². The van der Waals surface area contributed by atoms with Crippen LogP contribution in [0.15, 0.2) is 48.5 Å². The van der Waals surface area contributed by atoms with E-state index >= 15 is 0 Å². The first-order valence-electron chi connectivity index (χ1n) is 9.07. The predicted octanol–water partition coefficient (Wildman–Crippen LogP) is 2.00. The number of rotatable bonds is 9. The molecule has 0 saturated heterocycles. The number of aliphatic hydroxyl groups is 1. The molecule has 0 aliphatic carbocycles. The number of likely N-dealkylation sites (N-methyl/N-ethyl adjacent to an activating group) is 2. The van der Waals surface area contributed by atoms with Gasteiger partial charge in [-0.2, -0.15) is 0 Å². The molecule has 3 N–H and O–H groups in total. The first kappa shape index (κ1) is 21.4. The molecule has 0 aliphatic heterocycles. The van der Waals surface area contributed by atoms with Crippen molar-refractivity contribution in [2.24, 2.45) is 0 Å². The summed E-state index contributed by atoms with van der Waals surface area (Å²) in [4.78, 5) is 26.0. The van der Waals surface area contributed by atoms with Gasteiger partial charge in [-0.3, -0.25) is 9.69 Å². The van der Waals surface area contributed by atoms with Crippen LogP contribution >= 0.6 is 0 Å². The highest BCUT2D eigenvalue weighted by molar-refractivity contribution is 5.81. The summed E-state index contributed by atoms with van der Waals surface area (Å²) in [6, 6.07) is 16.2. The molecule has 7 heteroatoms. The van der Waals surface area contributed by atoms with Gasteiger partial charge in [-0.1, -0.05) is 42.5 Å². The third-order valence-corrected chi connectivity index (χ3v) is 4.38. The highest BCUT2D eigenvalue weighted by Gasteiger charge is 2.11. The molecule has 0 atom stereocenters. The molecule has 28 heavy (non-hydrogen) atoms. The lowest BCUT2D eigenvalue weighted by Gasteiger charge is -2.18. The number of carbonyl (C=O) groups excluding carboxylic acids is 1. The van der Waals surface area contributed by atoms with Gasteiger partial charge in [0.2, 0.25) is 5.91 Å². The fraction of sp³-hybridized carbons (Fsp3) is 0.333. The van der Waals surface area contributed by atoms with E-state index in [0.29, 0.717) is 13.1 Å². The van der Waals surface area contributed by atoms with Gasteiger partial charge >= 0.3 is 6.09 Å². The average Bonchev–Trinajstić information content (AvgIpc) is 2.67. The standard InChI is InChI=1S/C21H27N3O4/c1-23(10-11-25)14-16-6-8-18(9-7-16)19-5-3-4-17(12-19)15-24(2)20(26)13-22-21(27)28/h3-9,12,22,25H,10-11,13-15H2,1-2H3,(H,27,28). The van der Waals surface area contributed by atoms with Gasteiger partial charge in [0, 0.05) is 26.7 Å². The summed E-state index contributed by atoms with van der Waals surface area (Å²) in [5.41, 5.74) is 4.27. The van der Waals surface area contributed by atoms with Crippen LogP contribution < -0.4 is 5.32 Å². The van der Waals surface area contributed by atoms with Crippen molar-refractivity contribution in [1.82, 2.24) is 15.1 Å². The molecule has 7 nitrogen and oxygen atoms in total. The molecule has 0 spiro atoms. The molecule has 0 aliphatic rings. The summed E-state index contributed by atoms with van der Waals surface area (Å²) in [6.07, 6.45) is -1.21. The molecule has 2 rings (SSSR count). The van der Waals surface area contributed by atoms with Crippen molar-refractivity contribution in [3.63, 3.8) is 0 Å².